The van der Waals surface area contributed by atoms with E-state index in [4.69, 9.17) is 0 Å². The number of carbonyl (C=O) groups is 1. The van der Waals surface area contributed by atoms with Gasteiger partial charge in [0.15, 0.2) is 9.84 Å². The lowest BCUT2D eigenvalue weighted by molar-refractivity contribution is -0.120. The van der Waals surface area contributed by atoms with Gasteiger partial charge in [0.25, 0.3) is 0 Å². The Morgan fingerprint density at radius 2 is 2.29 bits per heavy atom. The highest BCUT2D eigenvalue weighted by atomic mass is 32.2. The van der Waals surface area contributed by atoms with Gasteiger partial charge in [0.2, 0.25) is 5.91 Å². The Morgan fingerprint density at radius 3 is 2.79 bits per heavy atom. The van der Waals surface area contributed by atoms with E-state index in [1.165, 1.54) is 5.41 Å². The second-order valence-corrected chi connectivity index (χ2v) is 5.03. The van der Waals surface area contributed by atoms with Crippen molar-refractivity contribution in [2.45, 2.75) is 13.0 Å². The van der Waals surface area contributed by atoms with Crippen molar-refractivity contribution < 1.29 is 13.2 Å². The molecule has 0 bridgehead atoms. The van der Waals surface area contributed by atoms with Gasteiger partial charge >= 0.3 is 0 Å². The number of amides is 1. The van der Waals surface area contributed by atoms with Gasteiger partial charge in [-0.05, 0) is 6.92 Å². The third kappa shape index (κ3) is 3.47. The minimum absolute atomic E-state index is 0.0480. The number of hydrogen-bond donors (Lipinski definition) is 2. The van der Waals surface area contributed by atoms with Gasteiger partial charge in [-0.3, -0.25) is 4.79 Å². The van der Waals surface area contributed by atoms with Crippen molar-refractivity contribution in [3.05, 3.63) is 11.5 Å². The Balaban J connectivity index is 2.28. The van der Waals surface area contributed by atoms with Gasteiger partial charge in [0.1, 0.15) is 0 Å². The number of hydrogen-bond acceptors (Lipinski definition) is 4. The molecule has 80 valence electrons. The molecule has 1 amide bonds. The predicted molar refractivity (Wildman–Crippen MR) is 53.4 cm³/mol. The summed E-state index contributed by atoms with van der Waals surface area (Å²) in [6, 6.07) is -0.234. The Bertz CT molecular complexity index is 334. The summed E-state index contributed by atoms with van der Waals surface area (Å²) in [5, 5.41) is 6.64. The molecule has 0 saturated carbocycles. The maximum atomic E-state index is 11.0. The molecule has 14 heavy (non-hydrogen) atoms. The molecule has 0 aliphatic carbocycles. The Labute approximate surface area is 83.5 Å². The SMILES string of the molecule is CCNC(=O)CNC1C=CS(=O)(=O)C1. The van der Waals surface area contributed by atoms with Crippen LogP contribution in [0, 0.1) is 0 Å². The second-order valence-electron chi connectivity index (χ2n) is 3.10. The standard InChI is InChI=1S/C8H14N2O3S/c1-2-9-8(11)5-10-7-3-4-14(12,13)6-7/h3-4,7,10H,2,5-6H2,1H3,(H,9,11). The van der Waals surface area contributed by atoms with Crippen LogP contribution in [-0.2, 0) is 14.6 Å². The van der Waals surface area contributed by atoms with Gasteiger partial charge in [0, 0.05) is 18.0 Å². The van der Waals surface area contributed by atoms with Crippen molar-refractivity contribution in [2.75, 3.05) is 18.8 Å². The molecule has 5 nitrogen and oxygen atoms in total. The summed E-state index contributed by atoms with van der Waals surface area (Å²) < 4.78 is 22.0. The molecule has 0 radical (unpaired) electrons. The van der Waals surface area contributed by atoms with Crippen molar-refractivity contribution in [3.63, 3.8) is 0 Å². The predicted octanol–water partition coefficient (Wildman–Crippen LogP) is -0.977. The first kappa shape index (κ1) is 11.2. The van der Waals surface area contributed by atoms with Crippen LogP contribution in [-0.4, -0.2) is 39.2 Å². The molecular weight excluding hydrogens is 204 g/mol. The third-order valence-corrected chi connectivity index (χ3v) is 3.22. The largest absolute Gasteiger partial charge is 0.355 e. The summed E-state index contributed by atoms with van der Waals surface area (Å²) in [6.45, 7) is 2.56. The van der Waals surface area contributed by atoms with E-state index in [1.54, 1.807) is 6.08 Å². The molecule has 0 fully saturated rings. The summed E-state index contributed by atoms with van der Waals surface area (Å²) >= 11 is 0. The van der Waals surface area contributed by atoms with Gasteiger partial charge in [0.05, 0.1) is 12.3 Å². The van der Waals surface area contributed by atoms with E-state index in [0.717, 1.165) is 0 Å². The molecular formula is C8H14N2O3S. The first-order valence-electron chi connectivity index (χ1n) is 4.44. The van der Waals surface area contributed by atoms with Crippen LogP contribution in [0.4, 0.5) is 0 Å². The van der Waals surface area contributed by atoms with Crippen molar-refractivity contribution in [3.8, 4) is 0 Å². The summed E-state index contributed by atoms with van der Waals surface area (Å²) in [6.07, 6.45) is 1.56. The quantitative estimate of drug-likeness (QED) is 0.636. The van der Waals surface area contributed by atoms with Gasteiger partial charge in [-0.1, -0.05) is 6.08 Å². The molecule has 6 heteroatoms. The smallest absolute Gasteiger partial charge is 0.233 e. The number of sulfone groups is 1. The zero-order valence-electron chi connectivity index (χ0n) is 7.99. The minimum Gasteiger partial charge on any atom is -0.355 e. The lowest BCUT2D eigenvalue weighted by Crippen LogP contribution is -2.39. The average molecular weight is 218 g/mol. The fraction of sp³-hybridized carbons (Fsp3) is 0.625. The topological polar surface area (TPSA) is 75.3 Å². The molecule has 1 aliphatic heterocycles. The second kappa shape index (κ2) is 4.56. The van der Waals surface area contributed by atoms with Gasteiger partial charge in [-0.2, -0.15) is 0 Å². The molecule has 1 atom stereocenters. The van der Waals surface area contributed by atoms with Gasteiger partial charge in [-0.15, -0.1) is 0 Å². The van der Waals surface area contributed by atoms with Crippen LogP contribution in [0.5, 0.6) is 0 Å². The van der Waals surface area contributed by atoms with E-state index in [9.17, 15) is 13.2 Å². The van der Waals surface area contributed by atoms with Gasteiger partial charge < -0.3 is 10.6 Å². The Hall–Kier alpha value is -0.880. The summed E-state index contributed by atoms with van der Waals surface area (Å²) in [5.74, 6) is -0.0722. The first-order chi connectivity index (χ1) is 6.53. The molecule has 1 heterocycles. The van der Waals surface area contributed by atoms with E-state index in [0.29, 0.717) is 6.54 Å². The van der Waals surface area contributed by atoms with E-state index >= 15 is 0 Å². The lowest BCUT2D eigenvalue weighted by atomic mass is 10.3. The third-order valence-electron chi connectivity index (χ3n) is 1.83. The van der Waals surface area contributed by atoms with Crippen molar-refractivity contribution in [1.29, 1.82) is 0 Å². The molecule has 0 aromatic carbocycles. The highest BCUT2D eigenvalue weighted by Gasteiger charge is 2.21. The highest BCUT2D eigenvalue weighted by Crippen LogP contribution is 2.06. The Kier molecular flexibility index (Phi) is 3.65. The highest BCUT2D eigenvalue weighted by molar-refractivity contribution is 7.94. The molecule has 2 N–H and O–H groups in total. The van der Waals surface area contributed by atoms with Crippen molar-refractivity contribution in [1.82, 2.24) is 10.6 Å². The van der Waals surface area contributed by atoms with Gasteiger partial charge in [-0.25, -0.2) is 8.42 Å². The van der Waals surface area contributed by atoms with E-state index in [2.05, 4.69) is 10.6 Å². The number of likely N-dealkylation sites (N-methyl/N-ethyl adjacent to an activating group) is 1. The van der Waals surface area contributed by atoms with Crippen molar-refractivity contribution in [2.24, 2.45) is 0 Å². The monoisotopic (exact) mass is 218 g/mol. The zero-order chi connectivity index (χ0) is 10.6. The Morgan fingerprint density at radius 1 is 1.57 bits per heavy atom. The van der Waals surface area contributed by atoms with Crippen LogP contribution < -0.4 is 10.6 Å². The number of rotatable bonds is 4. The molecule has 1 aliphatic rings. The number of carbonyl (C=O) groups excluding carboxylic acids is 1. The number of nitrogens with one attached hydrogen (secondary N) is 2. The fourth-order valence-corrected chi connectivity index (χ4v) is 2.46. The average Bonchev–Trinajstić information content (AvgIpc) is 2.43. The van der Waals surface area contributed by atoms with E-state index < -0.39 is 9.84 Å². The first-order valence-corrected chi connectivity index (χ1v) is 6.16. The van der Waals surface area contributed by atoms with Crippen molar-refractivity contribution >= 4 is 15.7 Å². The zero-order valence-corrected chi connectivity index (χ0v) is 8.80. The summed E-state index contributed by atoms with van der Waals surface area (Å²) in [7, 11) is -3.03. The fourth-order valence-electron chi connectivity index (χ4n) is 1.19. The van der Waals surface area contributed by atoms with Crippen LogP contribution >= 0.6 is 0 Å². The maximum Gasteiger partial charge on any atom is 0.233 e. The lowest BCUT2D eigenvalue weighted by Gasteiger charge is -2.08. The summed E-state index contributed by atoms with van der Waals surface area (Å²) in [4.78, 5) is 11.0. The molecule has 0 spiro atoms. The molecule has 0 aromatic heterocycles. The molecule has 1 unspecified atom stereocenters. The van der Waals surface area contributed by atoms with E-state index in [-0.39, 0.29) is 24.2 Å². The minimum atomic E-state index is -3.03. The molecule has 0 aromatic rings. The molecule has 0 saturated heterocycles. The summed E-state index contributed by atoms with van der Waals surface area (Å²) in [5.41, 5.74) is 0. The van der Waals surface area contributed by atoms with Crippen LogP contribution in [0.15, 0.2) is 11.5 Å². The van der Waals surface area contributed by atoms with Crippen LogP contribution in [0.25, 0.3) is 0 Å². The van der Waals surface area contributed by atoms with Crippen LogP contribution in [0.3, 0.4) is 0 Å². The normalized spacial score (nSPS) is 23.6. The van der Waals surface area contributed by atoms with E-state index in [1.807, 2.05) is 6.92 Å². The maximum absolute atomic E-state index is 11.0. The molecule has 1 rings (SSSR count). The van der Waals surface area contributed by atoms with Crippen LogP contribution in [0.2, 0.25) is 0 Å². The van der Waals surface area contributed by atoms with Crippen LogP contribution in [0.1, 0.15) is 6.92 Å².